The van der Waals surface area contributed by atoms with E-state index in [1.54, 1.807) is 24.1 Å². The molecule has 0 aromatic carbocycles. The smallest absolute Gasteiger partial charge is 0.306 e. The van der Waals surface area contributed by atoms with Crippen molar-refractivity contribution in [3.8, 4) is 0 Å². The first-order chi connectivity index (χ1) is 13.7. The maximum Gasteiger partial charge on any atom is 0.306 e. The lowest BCUT2D eigenvalue weighted by atomic mass is 10.2. The van der Waals surface area contributed by atoms with E-state index in [2.05, 4.69) is 15.2 Å². The Morgan fingerprint density at radius 1 is 1.21 bits per heavy atom. The molecule has 0 unspecified atom stereocenters. The van der Waals surface area contributed by atoms with Crippen molar-refractivity contribution in [3.05, 3.63) is 24.2 Å². The molecule has 1 aliphatic carbocycles. The van der Waals surface area contributed by atoms with Gasteiger partial charge in [-0.15, -0.1) is 24.0 Å². The van der Waals surface area contributed by atoms with Crippen LogP contribution in [0.4, 0.5) is 0 Å². The predicted octanol–water partition coefficient (Wildman–Crippen LogP) is 2.50. The standard InChI is InChI=1S/C20H30N4O4.HI/c1-21-20(22-10-4-9-18(25)28-16-6-2-3-7-16)24-13-11-23(12-14-24)19(26)17-8-5-15-27-17;/h5,8,15-16H,2-4,6-7,9-14H2,1H3,(H,21,22);1H. The summed E-state index contributed by atoms with van der Waals surface area (Å²) in [4.78, 5) is 32.5. The SMILES string of the molecule is CN=C(NCCCC(=O)OC1CCCC1)N1CCN(C(=O)c2ccco2)CC1.I. The van der Waals surface area contributed by atoms with Crippen LogP contribution in [-0.4, -0.2) is 73.5 Å². The molecule has 2 heterocycles. The summed E-state index contributed by atoms with van der Waals surface area (Å²) in [7, 11) is 1.75. The molecule has 1 aliphatic heterocycles. The maximum absolute atomic E-state index is 12.3. The van der Waals surface area contributed by atoms with Crippen molar-refractivity contribution < 1.29 is 18.7 Å². The number of halogens is 1. The van der Waals surface area contributed by atoms with Crippen molar-refractivity contribution in [2.24, 2.45) is 4.99 Å². The number of carbonyl (C=O) groups is 2. The van der Waals surface area contributed by atoms with Crippen LogP contribution in [0.5, 0.6) is 0 Å². The van der Waals surface area contributed by atoms with E-state index in [0.717, 1.165) is 31.6 Å². The lowest BCUT2D eigenvalue weighted by Crippen LogP contribution is -2.53. The molecule has 29 heavy (non-hydrogen) atoms. The molecule has 3 rings (SSSR count). The van der Waals surface area contributed by atoms with Crippen LogP contribution in [0.3, 0.4) is 0 Å². The number of nitrogens with zero attached hydrogens (tertiary/aromatic N) is 3. The molecule has 1 aromatic heterocycles. The molecule has 1 amide bonds. The van der Waals surface area contributed by atoms with Gasteiger partial charge in [0.25, 0.3) is 5.91 Å². The number of piperazine rings is 1. The average molecular weight is 518 g/mol. The van der Waals surface area contributed by atoms with Crippen LogP contribution < -0.4 is 5.32 Å². The van der Waals surface area contributed by atoms with Gasteiger partial charge in [-0.25, -0.2) is 0 Å². The van der Waals surface area contributed by atoms with Crippen LogP contribution >= 0.6 is 24.0 Å². The second-order valence-corrected chi connectivity index (χ2v) is 7.23. The number of furan rings is 1. The van der Waals surface area contributed by atoms with Gasteiger partial charge in [-0.1, -0.05) is 0 Å². The van der Waals surface area contributed by atoms with Gasteiger partial charge >= 0.3 is 5.97 Å². The first kappa shape index (κ1) is 23.5. The van der Waals surface area contributed by atoms with Crippen molar-refractivity contribution >= 4 is 41.8 Å². The molecule has 9 heteroatoms. The molecule has 162 valence electrons. The Balaban J connectivity index is 0.00000300. The predicted molar refractivity (Wildman–Crippen MR) is 121 cm³/mol. The highest BCUT2D eigenvalue weighted by molar-refractivity contribution is 14.0. The molecule has 1 aromatic rings. The largest absolute Gasteiger partial charge is 0.462 e. The highest BCUT2D eigenvalue weighted by Crippen LogP contribution is 2.21. The molecule has 1 saturated heterocycles. The van der Waals surface area contributed by atoms with E-state index in [1.807, 2.05) is 0 Å². The summed E-state index contributed by atoms with van der Waals surface area (Å²) in [5, 5.41) is 3.31. The molecule has 8 nitrogen and oxygen atoms in total. The van der Waals surface area contributed by atoms with Gasteiger partial charge in [-0.2, -0.15) is 0 Å². The topological polar surface area (TPSA) is 87.4 Å². The molecule has 1 saturated carbocycles. The van der Waals surface area contributed by atoms with E-state index in [0.29, 0.717) is 51.3 Å². The van der Waals surface area contributed by atoms with Crippen molar-refractivity contribution in [1.82, 2.24) is 15.1 Å². The molecule has 0 bridgehead atoms. The maximum atomic E-state index is 12.3. The van der Waals surface area contributed by atoms with Gasteiger partial charge < -0.3 is 24.3 Å². The number of aliphatic imine (C=N–C) groups is 1. The number of esters is 1. The fourth-order valence-electron chi connectivity index (χ4n) is 3.69. The summed E-state index contributed by atoms with van der Waals surface area (Å²) in [5.41, 5.74) is 0. The number of carbonyl (C=O) groups excluding carboxylic acids is 2. The molecule has 1 N–H and O–H groups in total. The normalized spacial score (nSPS) is 17.8. The molecule has 2 aliphatic rings. The minimum atomic E-state index is -0.103. The van der Waals surface area contributed by atoms with E-state index < -0.39 is 0 Å². The van der Waals surface area contributed by atoms with Crippen LogP contribution in [0.1, 0.15) is 49.1 Å². The van der Waals surface area contributed by atoms with E-state index in [9.17, 15) is 9.59 Å². The fraction of sp³-hybridized carbons (Fsp3) is 0.650. The first-order valence-corrected chi connectivity index (χ1v) is 10.1. The summed E-state index contributed by atoms with van der Waals surface area (Å²) in [6.07, 6.45) is 7.11. The lowest BCUT2D eigenvalue weighted by molar-refractivity contribution is -0.148. The second-order valence-electron chi connectivity index (χ2n) is 7.23. The number of hydrogen-bond acceptors (Lipinski definition) is 5. The fourth-order valence-corrected chi connectivity index (χ4v) is 3.69. The first-order valence-electron chi connectivity index (χ1n) is 10.1. The minimum Gasteiger partial charge on any atom is -0.462 e. The van der Waals surface area contributed by atoms with Gasteiger partial charge in [0.1, 0.15) is 6.10 Å². The number of nitrogens with one attached hydrogen (secondary N) is 1. The zero-order chi connectivity index (χ0) is 19.8. The Hall–Kier alpha value is -1.78. The number of ether oxygens (including phenoxy) is 1. The highest BCUT2D eigenvalue weighted by atomic mass is 127. The number of hydrogen-bond donors (Lipinski definition) is 1. The average Bonchev–Trinajstić information content (AvgIpc) is 3.42. The Labute approximate surface area is 189 Å². The van der Waals surface area contributed by atoms with Crippen molar-refractivity contribution in [2.75, 3.05) is 39.8 Å². The lowest BCUT2D eigenvalue weighted by Gasteiger charge is -2.36. The Kier molecular flexibility index (Phi) is 9.75. The molecular weight excluding hydrogens is 487 g/mol. The number of rotatable bonds is 6. The molecule has 2 fully saturated rings. The summed E-state index contributed by atoms with van der Waals surface area (Å²) >= 11 is 0. The number of guanidine groups is 1. The highest BCUT2D eigenvalue weighted by Gasteiger charge is 2.25. The third-order valence-corrected chi connectivity index (χ3v) is 5.25. The zero-order valence-electron chi connectivity index (χ0n) is 17.0. The van der Waals surface area contributed by atoms with Crippen LogP contribution in [0.25, 0.3) is 0 Å². The van der Waals surface area contributed by atoms with Crippen molar-refractivity contribution in [1.29, 1.82) is 0 Å². The van der Waals surface area contributed by atoms with Gasteiger partial charge in [-0.05, 0) is 44.2 Å². The van der Waals surface area contributed by atoms with Gasteiger partial charge in [0, 0.05) is 46.2 Å². The summed E-state index contributed by atoms with van der Waals surface area (Å²) in [6, 6.07) is 3.41. The summed E-state index contributed by atoms with van der Waals surface area (Å²) in [6.45, 7) is 3.31. The van der Waals surface area contributed by atoms with Gasteiger partial charge in [0.15, 0.2) is 11.7 Å². The van der Waals surface area contributed by atoms with Crippen LogP contribution in [-0.2, 0) is 9.53 Å². The van der Waals surface area contributed by atoms with E-state index in [4.69, 9.17) is 9.15 Å². The Morgan fingerprint density at radius 2 is 1.90 bits per heavy atom. The molecule has 0 atom stereocenters. The second kappa shape index (κ2) is 12.0. The van der Waals surface area contributed by atoms with Crippen LogP contribution in [0.2, 0.25) is 0 Å². The van der Waals surface area contributed by atoms with Crippen LogP contribution in [0, 0.1) is 0 Å². The van der Waals surface area contributed by atoms with E-state index >= 15 is 0 Å². The van der Waals surface area contributed by atoms with Crippen molar-refractivity contribution in [2.45, 2.75) is 44.6 Å². The molecular formula is C20H31IN4O4. The molecule has 0 spiro atoms. The zero-order valence-corrected chi connectivity index (χ0v) is 19.3. The molecule has 0 radical (unpaired) electrons. The Morgan fingerprint density at radius 3 is 2.52 bits per heavy atom. The monoisotopic (exact) mass is 518 g/mol. The van der Waals surface area contributed by atoms with Gasteiger partial charge in [0.2, 0.25) is 0 Å². The van der Waals surface area contributed by atoms with Crippen molar-refractivity contribution in [3.63, 3.8) is 0 Å². The van der Waals surface area contributed by atoms with E-state index in [-0.39, 0.29) is 42.0 Å². The van der Waals surface area contributed by atoms with Gasteiger partial charge in [-0.3, -0.25) is 14.6 Å². The summed E-state index contributed by atoms with van der Waals surface area (Å²) < 4.78 is 10.7. The van der Waals surface area contributed by atoms with E-state index in [1.165, 1.54) is 6.26 Å². The number of amides is 1. The quantitative estimate of drug-likeness (QED) is 0.205. The minimum absolute atomic E-state index is 0. The Bertz CT molecular complexity index is 666. The van der Waals surface area contributed by atoms with Gasteiger partial charge in [0.05, 0.1) is 6.26 Å². The third kappa shape index (κ3) is 6.90. The summed E-state index contributed by atoms with van der Waals surface area (Å²) in [5.74, 6) is 0.997. The van der Waals surface area contributed by atoms with Crippen LogP contribution in [0.15, 0.2) is 27.8 Å². The third-order valence-electron chi connectivity index (χ3n) is 5.25.